The predicted molar refractivity (Wildman–Crippen MR) is 79.2 cm³/mol. The van der Waals surface area contributed by atoms with E-state index in [-0.39, 0.29) is 0 Å². The molecule has 0 saturated carbocycles. The van der Waals surface area contributed by atoms with Gasteiger partial charge in [0.15, 0.2) is 4.96 Å². The molecule has 18 heavy (non-hydrogen) atoms. The first-order chi connectivity index (χ1) is 8.76. The van der Waals surface area contributed by atoms with E-state index in [1.54, 1.807) is 11.3 Å². The SMILES string of the molecule is CCCNCC(=Cc1c(C)nc2sccn12)CC. The molecule has 0 spiro atoms. The Labute approximate surface area is 113 Å². The van der Waals surface area contributed by atoms with E-state index in [2.05, 4.69) is 53.1 Å². The molecule has 0 bridgehead atoms. The number of hydrogen-bond donors (Lipinski definition) is 1. The molecule has 2 heterocycles. The van der Waals surface area contributed by atoms with Crippen LogP contribution in [-0.2, 0) is 0 Å². The van der Waals surface area contributed by atoms with Crippen molar-refractivity contribution in [2.45, 2.75) is 33.6 Å². The van der Waals surface area contributed by atoms with Gasteiger partial charge in [0.1, 0.15) is 0 Å². The van der Waals surface area contributed by atoms with Crippen LogP contribution in [-0.4, -0.2) is 22.5 Å². The minimum absolute atomic E-state index is 0.973. The fourth-order valence-electron chi connectivity index (χ4n) is 1.98. The van der Waals surface area contributed by atoms with Crippen molar-refractivity contribution in [3.63, 3.8) is 0 Å². The van der Waals surface area contributed by atoms with Gasteiger partial charge in [0.05, 0.1) is 11.4 Å². The van der Waals surface area contributed by atoms with Gasteiger partial charge in [0, 0.05) is 18.1 Å². The lowest BCUT2D eigenvalue weighted by Crippen LogP contribution is -2.17. The molecule has 2 rings (SSSR count). The molecule has 0 aliphatic heterocycles. The van der Waals surface area contributed by atoms with E-state index in [1.165, 1.54) is 17.7 Å². The molecule has 3 nitrogen and oxygen atoms in total. The highest BCUT2D eigenvalue weighted by atomic mass is 32.1. The molecule has 0 saturated heterocycles. The average molecular weight is 263 g/mol. The molecule has 0 unspecified atom stereocenters. The summed E-state index contributed by atoms with van der Waals surface area (Å²) < 4.78 is 2.18. The van der Waals surface area contributed by atoms with Crippen molar-refractivity contribution in [3.8, 4) is 0 Å². The predicted octanol–water partition coefficient (Wildman–Crippen LogP) is 3.50. The van der Waals surface area contributed by atoms with E-state index in [9.17, 15) is 0 Å². The summed E-state index contributed by atoms with van der Waals surface area (Å²) in [6.07, 6.45) is 6.63. The van der Waals surface area contributed by atoms with Crippen molar-refractivity contribution in [3.05, 3.63) is 28.5 Å². The number of fused-ring (bicyclic) bond motifs is 1. The standard InChI is InChI=1S/C14H21N3S/c1-4-6-15-10-12(5-2)9-13-11(3)16-14-17(13)7-8-18-14/h7-9,15H,4-6,10H2,1-3H3. The van der Waals surface area contributed by atoms with Crippen LogP contribution < -0.4 is 5.32 Å². The quantitative estimate of drug-likeness (QED) is 0.808. The lowest BCUT2D eigenvalue weighted by Gasteiger charge is -2.06. The fourth-order valence-corrected chi connectivity index (χ4v) is 2.75. The third-order valence-corrected chi connectivity index (χ3v) is 3.81. The molecule has 1 N–H and O–H groups in total. The van der Waals surface area contributed by atoms with Crippen LogP contribution >= 0.6 is 11.3 Å². The van der Waals surface area contributed by atoms with Crippen LogP contribution in [0, 0.1) is 6.92 Å². The molecule has 0 radical (unpaired) electrons. The summed E-state index contributed by atoms with van der Waals surface area (Å²) >= 11 is 1.69. The van der Waals surface area contributed by atoms with Gasteiger partial charge in [-0.05, 0) is 32.4 Å². The summed E-state index contributed by atoms with van der Waals surface area (Å²) in [5.41, 5.74) is 3.77. The minimum Gasteiger partial charge on any atom is -0.313 e. The summed E-state index contributed by atoms with van der Waals surface area (Å²) in [4.78, 5) is 5.65. The van der Waals surface area contributed by atoms with Crippen LogP contribution in [0.1, 0.15) is 38.1 Å². The number of aromatic nitrogens is 2. The van der Waals surface area contributed by atoms with Gasteiger partial charge in [-0.3, -0.25) is 4.40 Å². The summed E-state index contributed by atoms with van der Waals surface area (Å²) in [5, 5.41) is 5.55. The third kappa shape index (κ3) is 2.82. The molecule has 0 atom stereocenters. The van der Waals surface area contributed by atoms with Crippen LogP contribution in [0.3, 0.4) is 0 Å². The van der Waals surface area contributed by atoms with Gasteiger partial charge in [-0.15, -0.1) is 11.3 Å². The second kappa shape index (κ2) is 6.16. The molecule has 0 amide bonds. The molecule has 0 fully saturated rings. The lowest BCUT2D eigenvalue weighted by atomic mass is 10.1. The van der Waals surface area contributed by atoms with E-state index >= 15 is 0 Å². The second-order valence-corrected chi connectivity index (χ2v) is 5.34. The number of rotatable bonds is 6. The highest BCUT2D eigenvalue weighted by Crippen LogP contribution is 2.19. The molecular formula is C14H21N3S. The average Bonchev–Trinajstić information content (AvgIpc) is 2.91. The van der Waals surface area contributed by atoms with Crippen molar-refractivity contribution in [2.24, 2.45) is 0 Å². The number of imidazole rings is 1. The Balaban J connectivity index is 2.23. The first kappa shape index (κ1) is 13.3. The first-order valence-corrected chi connectivity index (χ1v) is 7.46. The maximum atomic E-state index is 4.57. The monoisotopic (exact) mass is 263 g/mol. The largest absolute Gasteiger partial charge is 0.313 e. The van der Waals surface area contributed by atoms with Gasteiger partial charge >= 0.3 is 0 Å². The zero-order chi connectivity index (χ0) is 13.0. The van der Waals surface area contributed by atoms with Gasteiger partial charge in [-0.1, -0.05) is 19.4 Å². The Kier molecular flexibility index (Phi) is 4.55. The Morgan fingerprint density at radius 2 is 2.33 bits per heavy atom. The molecule has 2 aromatic heterocycles. The lowest BCUT2D eigenvalue weighted by molar-refractivity contribution is 0.705. The van der Waals surface area contributed by atoms with Crippen LogP contribution in [0.2, 0.25) is 0 Å². The zero-order valence-electron chi connectivity index (χ0n) is 11.4. The van der Waals surface area contributed by atoms with Gasteiger partial charge in [0.25, 0.3) is 0 Å². The maximum absolute atomic E-state index is 4.57. The summed E-state index contributed by atoms with van der Waals surface area (Å²) in [5.74, 6) is 0. The van der Waals surface area contributed by atoms with Crippen molar-refractivity contribution in [1.29, 1.82) is 0 Å². The van der Waals surface area contributed by atoms with Gasteiger partial charge in [-0.25, -0.2) is 4.98 Å². The number of thiazole rings is 1. The topological polar surface area (TPSA) is 29.3 Å². The minimum atomic E-state index is 0.973. The van der Waals surface area contributed by atoms with E-state index in [0.29, 0.717) is 0 Å². The number of nitrogens with one attached hydrogen (secondary N) is 1. The van der Waals surface area contributed by atoms with E-state index in [1.807, 2.05) is 0 Å². The van der Waals surface area contributed by atoms with Crippen molar-refractivity contribution in [1.82, 2.24) is 14.7 Å². The van der Waals surface area contributed by atoms with Gasteiger partial charge in [0.2, 0.25) is 0 Å². The molecule has 0 aliphatic rings. The highest BCUT2D eigenvalue weighted by molar-refractivity contribution is 7.15. The van der Waals surface area contributed by atoms with E-state index in [4.69, 9.17) is 0 Å². The Morgan fingerprint density at radius 1 is 1.50 bits per heavy atom. The molecule has 0 aromatic carbocycles. The molecule has 4 heteroatoms. The maximum Gasteiger partial charge on any atom is 0.194 e. The van der Waals surface area contributed by atoms with Crippen molar-refractivity contribution in [2.75, 3.05) is 13.1 Å². The first-order valence-electron chi connectivity index (χ1n) is 6.58. The smallest absolute Gasteiger partial charge is 0.194 e. The third-order valence-electron chi connectivity index (χ3n) is 3.06. The number of hydrogen-bond acceptors (Lipinski definition) is 3. The molecule has 98 valence electrons. The normalized spacial score (nSPS) is 12.5. The number of nitrogens with zero attached hydrogens (tertiary/aromatic N) is 2. The Morgan fingerprint density at radius 3 is 3.06 bits per heavy atom. The zero-order valence-corrected chi connectivity index (χ0v) is 12.2. The summed E-state index contributed by atoms with van der Waals surface area (Å²) in [6.45, 7) is 8.54. The Hall–Kier alpha value is -1.13. The van der Waals surface area contributed by atoms with Crippen molar-refractivity contribution >= 4 is 22.4 Å². The summed E-state index contributed by atoms with van der Waals surface area (Å²) in [7, 11) is 0. The van der Waals surface area contributed by atoms with Crippen LogP contribution in [0.15, 0.2) is 17.2 Å². The molecular weight excluding hydrogens is 242 g/mol. The highest BCUT2D eigenvalue weighted by Gasteiger charge is 2.07. The van der Waals surface area contributed by atoms with Crippen molar-refractivity contribution < 1.29 is 0 Å². The van der Waals surface area contributed by atoms with Gasteiger partial charge < -0.3 is 5.32 Å². The molecule has 2 aromatic rings. The Bertz CT molecular complexity index is 536. The van der Waals surface area contributed by atoms with Gasteiger partial charge in [-0.2, -0.15) is 0 Å². The van der Waals surface area contributed by atoms with Crippen LogP contribution in [0.5, 0.6) is 0 Å². The van der Waals surface area contributed by atoms with E-state index < -0.39 is 0 Å². The molecule has 0 aliphatic carbocycles. The number of aryl methyl sites for hydroxylation is 1. The second-order valence-electron chi connectivity index (χ2n) is 4.47. The van der Waals surface area contributed by atoms with Crippen LogP contribution in [0.4, 0.5) is 0 Å². The van der Waals surface area contributed by atoms with Crippen LogP contribution in [0.25, 0.3) is 11.0 Å². The summed E-state index contributed by atoms with van der Waals surface area (Å²) in [6, 6.07) is 0. The fraction of sp³-hybridized carbons (Fsp3) is 0.500. The van der Waals surface area contributed by atoms with E-state index in [0.717, 1.165) is 30.2 Å².